The molecule has 0 fully saturated rings. The molecule has 0 aliphatic carbocycles. The van der Waals surface area contributed by atoms with Gasteiger partial charge in [-0.15, -0.1) is 0 Å². The second kappa shape index (κ2) is 9.27. The van der Waals surface area contributed by atoms with Gasteiger partial charge in [0.15, 0.2) is 0 Å². The molecule has 29 heavy (non-hydrogen) atoms. The lowest BCUT2D eigenvalue weighted by atomic mass is 10.3. The summed E-state index contributed by atoms with van der Waals surface area (Å²) in [6, 6.07) is 16.0. The SMILES string of the molecule is CN(C)C(=O)Cn1cc(NC(=O)Nc2ccc(N=Nc3ccccc3)cc2)cn1. The van der Waals surface area contributed by atoms with Gasteiger partial charge in [0.1, 0.15) is 6.54 Å². The lowest BCUT2D eigenvalue weighted by Gasteiger charge is -2.09. The van der Waals surface area contributed by atoms with Crippen molar-refractivity contribution in [1.29, 1.82) is 0 Å². The van der Waals surface area contributed by atoms with Crippen LogP contribution in [-0.4, -0.2) is 40.7 Å². The number of carbonyl (C=O) groups is 2. The first-order valence-corrected chi connectivity index (χ1v) is 8.87. The lowest BCUT2D eigenvalue weighted by Crippen LogP contribution is -2.26. The number of hydrogen-bond donors (Lipinski definition) is 2. The smallest absolute Gasteiger partial charge is 0.323 e. The Bertz CT molecular complexity index is 995. The van der Waals surface area contributed by atoms with Crippen molar-refractivity contribution in [3.63, 3.8) is 0 Å². The zero-order chi connectivity index (χ0) is 20.6. The van der Waals surface area contributed by atoms with Gasteiger partial charge in [0.2, 0.25) is 5.91 Å². The van der Waals surface area contributed by atoms with Gasteiger partial charge < -0.3 is 15.5 Å². The predicted octanol–water partition coefficient (Wildman–Crippen LogP) is 4.03. The van der Waals surface area contributed by atoms with E-state index in [1.54, 1.807) is 44.6 Å². The number of nitrogens with one attached hydrogen (secondary N) is 2. The molecule has 0 atom stereocenters. The molecule has 3 rings (SSSR count). The van der Waals surface area contributed by atoms with Crippen molar-refractivity contribution >= 4 is 34.7 Å². The van der Waals surface area contributed by atoms with Gasteiger partial charge in [-0.05, 0) is 36.4 Å². The van der Waals surface area contributed by atoms with Crippen LogP contribution in [0, 0.1) is 0 Å². The number of urea groups is 1. The van der Waals surface area contributed by atoms with E-state index >= 15 is 0 Å². The monoisotopic (exact) mass is 391 g/mol. The molecule has 1 aromatic heterocycles. The first kappa shape index (κ1) is 19.7. The molecule has 0 aliphatic rings. The van der Waals surface area contributed by atoms with Gasteiger partial charge in [-0.3, -0.25) is 9.48 Å². The van der Waals surface area contributed by atoms with Crippen LogP contribution in [0.25, 0.3) is 0 Å². The first-order chi connectivity index (χ1) is 14.0. The molecule has 0 saturated carbocycles. The molecule has 0 bridgehead atoms. The summed E-state index contributed by atoms with van der Waals surface area (Å²) in [5, 5.41) is 17.8. The zero-order valence-corrected chi connectivity index (χ0v) is 16.1. The molecule has 0 spiro atoms. The Morgan fingerprint density at radius 2 is 1.55 bits per heavy atom. The summed E-state index contributed by atoms with van der Waals surface area (Å²) in [4.78, 5) is 25.3. The van der Waals surface area contributed by atoms with Crippen molar-refractivity contribution in [3.05, 3.63) is 67.0 Å². The van der Waals surface area contributed by atoms with Crippen LogP contribution in [0.3, 0.4) is 0 Å². The highest BCUT2D eigenvalue weighted by molar-refractivity contribution is 5.99. The van der Waals surface area contributed by atoms with Crippen molar-refractivity contribution < 1.29 is 9.59 Å². The highest BCUT2D eigenvalue weighted by Crippen LogP contribution is 2.20. The summed E-state index contributed by atoms with van der Waals surface area (Å²) >= 11 is 0. The number of carbonyl (C=O) groups excluding carboxylic acids is 2. The molecule has 3 amide bonds. The molecule has 0 saturated heterocycles. The Hall–Kier alpha value is -4.01. The molecule has 2 aromatic carbocycles. The first-order valence-electron chi connectivity index (χ1n) is 8.87. The molecule has 1 heterocycles. The summed E-state index contributed by atoms with van der Waals surface area (Å²) in [7, 11) is 3.35. The maximum Gasteiger partial charge on any atom is 0.323 e. The molecule has 2 N–H and O–H groups in total. The molecule has 9 heteroatoms. The normalized spacial score (nSPS) is 10.7. The van der Waals surface area contributed by atoms with Gasteiger partial charge >= 0.3 is 6.03 Å². The third kappa shape index (κ3) is 5.99. The fourth-order valence-corrected chi connectivity index (χ4v) is 2.31. The maximum absolute atomic E-state index is 12.1. The Morgan fingerprint density at radius 3 is 2.21 bits per heavy atom. The van der Waals surface area contributed by atoms with Crippen LogP contribution < -0.4 is 10.6 Å². The van der Waals surface area contributed by atoms with Gasteiger partial charge in [0.25, 0.3) is 0 Å². The number of anilines is 2. The highest BCUT2D eigenvalue weighted by Gasteiger charge is 2.08. The number of amides is 3. The minimum absolute atomic E-state index is 0.0893. The Labute approximate surface area is 168 Å². The number of rotatable bonds is 6. The Kier molecular flexibility index (Phi) is 6.31. The molecule has 3 aromatic rings. The number of hydrogen-bond acceptors (Lipinski definition) is 5. The predicted molar refractivity (Wildman–Crippen MR) is 111 cm³/mol. The van der Waals surface area contributed by atoms with Crippen molar-refractivity contribution in [2.24, 2.45) is 10.2 Å². The number of aromatic nitrogens is 2. The van der Waals surface area contributed by atoms with E-state index in [4.69, 9.17) is 0 Å². The summed E-state index contributed by atoms with van der Waals surface area (Å²) in [5.74, 6) is -0.0893. The third-order valence-corrected chi connectivity index (χ3v) is 3.85. The minimum atomic E-state index is -0.415. The highest BCUT2D eigenvalue weighted by atomic mass is 16.2. The van der Waals surface area contributed by atoms with Crippen LogP contribution in [0.5, 0.6) is 0 Å². The van der Waals surface area contributed by atoms with Crippen molar-refractivity contribution in [3.8, 4) is 0 Å². The van der Waals surface area contributed by atoms with E-state index in [0.717, 1.165) is 5.69 Å². The number of nitrogens with zero attached hydrogens (tertiary/aromatic N) is 5. The molecule has 148 valence electrons. The van der Waals surface area contributed by atoms with Crippen molar-refractivity contribution in [1.82, 2.24) is 14.7 Å². The quantitative estimate of drug-likeness (QED) is 0.620. The topological polar surface area (TPSA) is 104 Å². The van der Waals surface area contributed by atoms with Crippen LogP contribution >= 0.6 is 0 Å². The van der Waals surface area contributed by atoms with E-state index in [0.29, 0.717) is 17.1 Å². The summed E-state index contributed by atoms with van der Waals surface area (Å²) in [5.41, 5.74) is 2.53. The summed E-state index contributed by atoms with van der Waals surface area (Å²) in [6.45, 7) is 0.106. The van der Waals surface area contributed by atoms with Crippen LogP contribution in [0.15, 0.2) is 77.2 Å². The fraction of sp³-hybridized carbons (Fsp3) is 0.150. The molecule has 9 nitrogen and oxygen atoms in total. The van der Waals surface area contributed by atoms with Crippen LogP contribution in [0.1, 0.15) is 0 Å². The third-order valence-electron chi connectivity index (χ3n) is 3.85. The fourth-order valence-electron chi connectivity index (χ4n) is 2.31. The van der Waals surface area contributed by atoms with E-state index in [-0.39, 0.29) is 12.5 Å². The van der Waals surface area contributed by atoms with Crippen molar-refractivity contribution in [2.75, 3.05) is 24.7 Å². The molecule has 0 unspecified atom stereocenters. The number of benzene rings is 2. The van der Waals surface area contributed by atoms with Crippen molar-refractivity contribution in [2.45, 2.75) is 6.54 Å². The average molecular weight is 391 g/mol. The number of likely N-dealkylation sites (N-methyl/N-ethyl adjacent to an activating group) is 1. The second-order valence-corrected chi connectivity index (χ2v) is 6.38. The van der Waals surface area contributed by atoms with E-state index in [9.17, 15) is 9.59 Å². The van der Waals surface area contributed by atoms with E-state index in [1.807, 2.05) is 30.3 Å². The van der Waals surface area contributed by atoms with Gasteiger partial charge in [-0.2, -0.15) is 15.3 Å². The van der Waals surface area contributed by atoms with Gasteiger partial charge in [-0.25, -0.2) is 4.79 Å². The largest absolute Gasteiger partial charge is 0.347 e. The van der Waals surface area contributed by atoms with Crippen LogP contribution in [0.4, 0.5) is 27.5 Å². The van der Waals surface area contributed by atoms with Crippen LogP contribution in [-0.2, 0) is 11.3 Å². The van der Waals surface area contributed by atoms with Gasteiger partial charge in [-0.1, -0.05) is 18.2 Å². The molecule has 0 radical (unpaired) electrons. The van der Waals surface area contributed by atoms with E-state index < -0.39 is 6.03 Å². The molecular formula is C20H21N7O2. The van der Waals surface area contributed by atoms with Crippen LogP contribution in [0.2, 0.25) is 0 Å². The van der Waals surface area contributed by atoms with Gasteiger partial charge in [0, 0.05) is 26.0 Å². The zero-order valence-electron chi connectivity index (χ0n) is 16.1. The second-order valence-electron chi connectivity index (χ2n) is 6.38. The minimum Gasteiger partial charge on any atom is -0.347 e. The standard InChI is InChI=1S/C20H21N7O2/c1-26(2)19(28)14-27-13-18(12-21-27)23-20(29)22-15-8-10-17(11-9-15)25-24-16-6-4-3-5-7-16/h3-13H,14H2,1-2H3,(H2,22,23,29). The summed E-state index contributed by atoms with van der Waals surface area (Å²) < 4.78 is 1.46. The maximum atomic E-state index is 12.1. The number of azo groups is 1. The Morgan fingerprint density at radius 1 is 0.931 bits per heavy atom. The lowest BCUT2D eigenvalue weighted by molar-refractivity contribution is -0.129. The van der Waals surface area contributed by atoms with E-state index in [1.165, 1.54) is 15.8 Å². The van der Waals surface area contributed by atoms with E-state index in [2.05, 4.69) is 26.0 Å². The molecule has 0 aliphatic heterocycles. The Balaban J connectivity index is 1.52. The van der Waals surface area contributed by atoms with Gasteiger partial charge in [0.05, 0.1) is 23.3 Å². The summed E-state index contributed by atoms with van der Waals surface area (Å²) in [6.07, 6.45) is 3.07. The average Bonchev–Trinajstić information content (AvgIpc) is 3.14. The molecular weight excluding hydrogens is 370 g/mol.